The summed E-state index contributed by atoms with van der Waals surface area (Å²) in [5, 5.41) is 3.68. The van der Waals surface area contributed by atoms with Crippen LogP contribution in [0.25, 0.3) is 44.3 Å². The predicted octanol–water partition coefficient (Wildman–Crippen LogP) is 8.26. The van der Waals surface area contributed by atoms with E-state index in [2.05, 4.69) is 118 Å². The van der Waals surface area contributed by atoms with Crippen LogP contribution in [0.4, 0.5) is 0 Å². The molecule has 0 aliphatic carbocycles. The molecule has 0 fully saturated rings. The van der Waals surface area contributed by atoms with E-state index in [0.717, 1.165) is 11.3 Å². The van der Waals surface area contributed by atoms with Gasteiger partial charge in [-0.2, -0.15) is 0 Å². The molecule has 0 amide bonds. The maximum atomic E-state index is 5.03. The zero-order valence-electron chi connectivity index (χ0n) is 21.6. The highest BCUT2D eigenvalue weighted by Crippen LogP contribution is 2.39. The Kier molecular flexibility index (Phi) is 4.69. The van der Waals surface area contributed by atoms with Crippen molar-refractivity contribution in [2.75, 3.05) is 0 Å². The molecule has 35 heavy (non-hydrogen) atoms. The lowest BCUT2D eigenvalue weighted by Crippen LogP contribution is -2.03. The highest BCUT2D eigenvalue weighted by atomic mass is 15.0. The van der Waals surface area contributed by atoms with Gasteiger partial charge in [0, 0.05) is 33.1 Å². The van der Waals surface area contributed by atoms with Crippen LogP contribution >= 0.6 is 0 Å². The van der Waals surface area contributed by atoms with Gasteiger partial charge in [-0.3, -0.25) is 4.40 Å². The van der Waals surface area contributed by atoms with E-state index >= 15 is 0 Å². The van der Waals surface area contributed by atoms with Crippen LogP contribution in [0.3, 0.4) is 0 Å². The van der Waals surface area contributed by atoms with E-state index in [4.69, 9.17) is 4.98 Å². The molecule has 0 atom stereocenters. The number of benzene rings is 3. The predicted molar refractivity (Wildman–Crippen MR) is 148 cm³/mol. The number of nitrogens with zero attached hydrogens (tertiary/aromatic N) is 3. The fourth-order valence-electron chi connectivity index (χ4n) is 6.11. The zero-order chi connectivity index (χ0) is 24.6. The lowest BCUT2D eigenvalue weighted by atomic mass is 9.97. The molecule has 0 unspecified atom stereocenters. The summed E-state index contributed by atoms with van der Waals surface area (Å²) >= 11 is 0. The summed E-state index contributed by atoms with van der Waals surface area (Å²) in [5.74, 6) is 0. The van der Waals surface area contributed by atoms with E-state index in [9.17, 15) is 0 Å². The summed E-state index contributed by atoms with van der Waals surface area (Å²) in [6.07, 6.45) is 2.05. The second kappa shape index (κ2) is 7.58. The van der Waals surface area contributed by atoms with E-state index in [1.54, 1.807) is 0 Å². The van der Waals surface area contributed by atoms with Gasteiger partial charge in [-0.1, -0.05) is 48.0 Å². The quantitative estimate of drug-likeness (QED) is 0.240. The summed E-state index contributed by atoms with van der Waals surface area (Å²) in [7, 11) is 0. The van der Waals surface area contributed by atoms with Crippen molar-refractivity contribution in [3.8, 4) is 16.9 Å². The first-order valence-electron chi connectivity index (χ1n) is 12.3. The summed E-state index contributed by atoms with van der Waals surface area (Å²) in [5.41, 5.74) is 15.0. The Morgan fingerprint density at radius 2 is 1.31 bits per heavy atom. The maximum absolute atomic E-state index is 5.03. The number of pyridine rings is 1. The molecule has 0 radical (unpaired) electrons. The molecule has 0 N–H and O–H groups in total. The van der Waals surface area contributed by atoms with Crippen LogP contribution in [0.5, 0.6) is 0 Å². The number of para-hydroxylation sites is 1. The molecular weight excluding hydrogens is 426 g/mol. The molecule has 174 valence electrons. The van der Waals surface area contributed by atoms with Crippen LogP contribution in [-0.2, 0) is 0 Å². The number of rotatable bonds is 2. The highest BCUT2D eigenvalue weighted by molar-refractivity contribution is 6.16. The largest absolute Gasteiger partial charge is 0.317 e. The third kappa shape index (κ3) is 2.94. The molecule has 0 saturated carbocycles. The Morgan fingerprint density at radius 1 is 0.686 bits per heavy atom. The Balaban J connectivity index is 1.81. The third-order valence-electron chi connectivity index (χ3n) is 7.95. The van der Waals surface area contributed by atoms with Crippen LogP contribution in [-0.4, -0.2) is 14.0 Å². The zero-order valence-corrected chi connectivity index (χ0v) is 21.6. The van der Waals surface area contributed by atoms with Crippen molar-refractivity contribution in [1.29, 1.82) is 0 Å². The number of aromatic nitrogens is 3. The minimum atomic E-state index is 1.01. The molecule has 0 aliphatic heterocycles. The fourth-order valence-corrected chi connectivity index (χ4v) is 6.11. The minimum absolute atomic E-state index is 1.01. The van der Waals surface area contributed by atoms with E-state index < -0.39 is 0 Å². The fraction of sp³-hybridized carbons (Fsp3) is 0.219. The van der Waals surface area contributed by atoms with Gasteiger partial charge in [-0.15, -0.1) is 0 Å². The standard InChI is InChI=1S/C32H31N3/c1-18-15-19(2)30(20(3)16-18)29-17-33-32-26-12-10-14-28(34-23(6)21(4)22(5)24(34)7)31(26)25-11-8-9-13-27(25)35(29)32/h8-17H,1-7H3. The van der Waals surface area contributed by atoms with E-state index in [-0.39, 0.29) is 0 Å². The monoisotopic (exact) mass is 457 g/mol. The number of fused-ring (bicyclic) bond motifs is 6. The van der Waals surface area contributed by atoms with Gasteiger partial charge in [0.25, 0.3) is 0 Å². The smallest absolute Gasteiger partial charge is 0.145 e. The van der Waals surface area contributed by atoms with Crippen molar-refractivity contribution in [3.63, 3.8) is 0 Å². The summed E-state index contributed by atoms with van der Waals surface area (Å²) in [6, 6.07) is 20.0. The van der Waals surface area contributed by atoms with Gasteiger partial charge in [0.15, 0.2) is 0 Å². The normalized spacial score (nSPS) is 11.9. The molecule has 0 aliphatic rings. The Bertz CT molecular complexity index is 1760. The molecule has 3 heterocycles. The Hall–Kier alpha value is -3.85. The van der Waals surface area contributed by atoms with Gasteiger partial charge in [0.05, 0.1) is 23.1 Å². The second-order valence-electron chi connectivity index (χ2n) is 10.0. The summed E-state index contributed by atoms with van der Waals surface area (Å²) in [4.78, 5) is 5.03. The van der Waals surface area contributed by atoms with Crippen molar-refractivity contribution >= 4 is 27.3 Å². The molecule has 6 aromatic rings. The SMILES string of the molecule is Cc1cc(C)c(-c2cnc3c4cccc(-n5c(C)c(C)c(C)c5C)c4c4ccccc4n23)c(C)c1. The minimum Gasteiger partial charge on any atom is -0.317 e. The van der Waals surface area contributed by atoms with Crippen molar-refractivity contribution in [2.24, 2.45) is 0 Å². The summed E-state index contributed by atoms with van der Waals surface area (Å²) in [6.45, 7) is 15.5. The van der Waals surface area contributed by atoms with Gasteiger partial charge < -0.3 is 4.57 Å². The van der Waals surface area contributed by atoms with Gasteiger partial charge >= 0.3 is 0 Å². The van der Waals surface area contributed by atoms with Gasteiger partial charge in [-0.05, 0) is 82.9 Å². The van der Waals surface area contributed by atoms with Crippen LogP contribution in [0, 0.1) is 48.5 Å². The Labute approximate surface area is 206 Å². The maximum Gasteiger partial charge on any atom is 0.145 e. The first kappa shape index (κ1) is 21.7. The molecule has 0 bridgehead atoms. The van der Waals surface area contributed by atoms with Crippen LogP contribution in [0.1, 0.15) is 39.2 Å². The van der Waals surface area contributed by atoms with Crippen molar-refractivity contribution in [3.05, 3.63) is 100.0 Å². The molecule has 0 saturated heterocycles. The van der Waals surface area contributed by atoms with Crippen LogP contribution in [0.15, 0.2) is 60.8 Å². The van der Waals surface area contributed by atoms with Gasteiger partial charge in [-0.25, -0.2) is 4.98 Å². The highest BCUT2D eigenvalue weighted by Gasteiger charge is 2.20. The van der Waals surface area contributed by atoms with E-state index in [1.165, 1.54) is 72.1 Å². The van der Waals surface area contributed by atoms with Crippen molar-refractivity contribution in [2.45, 2.75) is 48.5 Å². The first-order valence-corrected chi connectivity index (χ1v) is 12.3. The molecule has 3 nitrogen and oxygen atoms in total. The number of hydrogen-bond acceptors (Lipinski definition) is 1. The molecule has 6 rings (SSSR count). The summed E-state index contributed by atoms with van der Waals surface area (Å²) < 4.78 is 4.78. The number of imidazole rings is 1. The first-order chi connectivity index (χ1) is 16.8. The lowest BCUT2D eigenvalue weighted by molar-refractivity contribution is 0.965. The molecule has 0 spiro atoms. The van der Waals surface area contributed by atoms with Gasteiger partial charge in [0.1, 0.15) is 5.65 Å². The van der Waals surface area contributed by atoms with Crippen LogP contribution < -0.4 is 0 Å². The Morgan fingerprint density at radius 3 is 2.00 bits per heavy atom. The number of hydrogen-bond donors (Lipinski definition) is 0. The molecule has 3 aromatic heterocycles. The van der Waals surface area contributed by atoms with Crippen molar-refractivity contribution < 1.29 is 0 Å². The van der Waals surface area contributed by atoms with Gasteiger partial charge in [0.2, 0.25) is 0 Å². The molecular formula is C32H31N3. The topological polar surface area (TPSA) is 22.2 Å². The van der Waals surface area contributed by atoms with Crippen LogP contribution in [0.2, 0.25) is 0 Å². The third-order valence-corrected chi connectivity index (χ3v) is 7.95. The average molecular weight is 458 g/mol. The second-order valence-corrected chi connectivity index (χ2v) is 10.0. The number of aryl methyl sites for hydroxylation is 3. The molecule has 3 aromatic carbocycles. The lowest BCUT2D eigenvalue weighted by Gasteiger charge is -2.18. The van der Waals surface area contributed by atoms with E-state index in [1.807, 2.05) is 0 Å². The molecule has 3 heteroatoms. The van der Waals surface area contributed by atoms with Crippen molar-refractivity contribution in [1.82, 2.24) is 14.0 Å². The average Bonchev–Trinajstić information content (AvgIpc) is 3.34. The van der Waals surface area contributed by atoms with E-state index in [0.29, 0.717) is 0 Å².